The predicted molar refractivity (Wildman–Crippen MR) is 63.4 cm³/mol. The third-order valence-corrected chi connectivity index (χ3v) is 6.43. The molecule has 0 aromatic carbocycles. The van der Waals surface area contributed by atoms with Crippen LogP contribution in [0.25, 0.3) is 0 Å². The Labute approximate surface area is 92.2 Å². The Morgan fingerprint density at radius 2 is 2.07 bits per heavy atom. The lowest BCUT2D eigenvalue weighted by Gasteiger charge is -2.14. The maximum absolute atomic E-state index is 12.1. The first-order valence-corrected chi connectivity index (χ1v) is 7.71. The summed E-state index contributed by atoms with van der Waals surface area (Å²) in [7, 11) is -2.96. The zero-order valence-corrected chi connectivity index (χ0v) is 10.6. The minimum absolute atomic E-state index is 0.0287. The minimum atomic E-state index is -2.96. The van der Waals surface area contributed by atoms with E-state index in [9.17, 15) is 9.46 Å². The molecule has 0 spiro atoms. The molecular weight excluding hydrogens is 207 g/mol. The minimum Gasteiger partial charge on any atom is -0.344 e. The van der Waals surface area contributed by atoms with Crippen LogP contribution in [0.5, 0.6) is 0 Å². The molecule has 0 saturated heterocycles. The molecular formula is C12H21O2P. The van der Waals surface area contributed by atoms with Crippen LogP contribution >= 0.6 is 7.37 Å². The fourth-order valence-corrected chi connectivity index (χ4v) is 5.19. The molecule has 3 heteroatoms. The quantitative estimate of drug-likeness (QED) is 0.578. The first kappa shape index (κ1) is 11.4. The van der Waals surface area contributed by atoms with Crippen LogP contribution in [0.15, 0.2) is 12.2 Å². The van der Waals surface area contributed by atoms with E-state index >= 15 is 0 Å². The summed E-state index contributed by atoms with van der Waals surface area (Å²) in [5.41, 5.74) is 1.11. The van der Waals surface area contributed by atoms with Gasteiger partial charge in [-0.2, -0.15) is 0 Å². The summed E-state index contributed by atoms with van der Waals surface area (Å²) in [6, 6.07) is 0. The molecule has 0 aromatic heterocycles. The van der Waals surface area contributed by atoms with Crippen LogP contribution in [0.1, 0.15) is 39.5 Å². The van der Waals surface area contributed by atoms with Crippen molar-refractivity contribution in [1.29, 1.82) is 0 Å². The number of hydrogen-bond acceptors (Lipinski definition) is 1. The number of hydrogen-bond donors (Lipinski definition) is 1. The van der Waals surface area contributed by atoms with Gasteiger partial charge in [0.15, 0.2) is 0 Å². The SMILES string of the molecule is C=C(CC1CC1)CP(=O)(O)C1CC1(C)C. The van der Waals surface area contributed by atoms with Gasteiger partial charge in [-0.15, -0.1) is 0 Å². The topological polar surface area (TPSA) is 37.3 Å². The molecule has 0 radical (unpaired) electrons. The Hall–Kier alpha value is -0.0700. The summed E-state index contributed by atoms with van der Waals surface area (Å²) in [4.78, 5) is 9.99. The van der Waals surface area contributed by atoms with E-state index in [1.54, 1.807) is 0 Å². The van der Waals surface area contributed by atoms with Gasteiger partial charge in [-0.05, 0) is 37.0 Å². The first-order valence-electron chi connectivity index (χ1n) is 5.79. The maximum atomic E-state index is 12.1. The summed E-state index contributed by atoms with van der Waals surface area (Å²) < 4.78 is 12.1. The van der Waals surface area contributed by atoms with Crippen LogP contribution in [-0.4, -0.2) is 16.7 Å². The second-order valence-corrected chi connectivity index (χ2v) is 8.47. The van der Waals surface area contributed by atoms with Crippen LogP contribution in [-0.2, 0) is 4.57 Å². The van der Waals surface area contributed by atoms with Crippen LogP contribution in [0.4, 0.5) is 0 Å². The zero-order valence-electron chi connectivity index (χ0n) is 9.70. The molecule has 0 heterocycles. The van der Waals surface area contributed by atoms with E-state index in [0.29, 0.717) is 6.16 Å². The first-order chi connectivity index (χ1) is 6.81. The average Bonchev–Trinajstić information content (AvgIpc) is 2.88. The van der Waals surface area contributed by atoms with Gasteiger partial charge in [-0.3, -0.25) is 4.57 Å². The second kappa shape index (κ2) is 3.46. The monoisotopic (exact) mass is 228 g/mol. The molecule has 0 amide bonds. The van der Waals surface area contributed by atoms with E-state index in [4.69, 9.17) is 0 Å². The normalized spacial score (nSPS) is 32.1. The standard InChI is InChI=1S/C12H21O2P/c1-9(6-10-4-5-10)8-15(13,14)11-7-12(11,2)3/h10-11H,1,4-8H2,2-3H3,(H,13,14). The summed E-state index contributed by atoms with van der Waals surface area (Å²) in [5, 5.41) is 0. The maximum Gasteiger partial charge on any atom is 0.208 e. The molecule has 2 nitrogen and oxygen atoms in total. The highest BCUT2D eigenvalue weighted by Gasteiger charge is 2.55. The summed E-state index contributed by atoms with van der Waals surface area (Å²) >= 11 is 0. The molecule has 2 aliphatic rings. The van der Waals surface area contributed by atoms with E-state index in [1.807, 2.05) is 0 Å². The van der Waals surface area contributed by atoms with Gasteiger partial charge in [-0.25, -0.2) is 0 Å². The molecule has 2 rings (SSSR count). The summed E-state index contributed by atoms with van der Waals surface area (Å²) in [6.07, 6.45) is 4.79. The second-order valence-electron chi connectivity index (χ2n) is 6.02. The molecule has 1 N–H and O–H groups in total. The van der Waals surface area contributed by atoms with Crippen molar-refractivity contribution in [3.8, 4) is 0 Å². The largest absolute Gasteiger partial charge is 0.344 e. The van der Waals surface area contributed by atoms with Gasteiger partial charge in [0.2, 0.25) is 7.37 Å². The fraction of sp³-hybridized carbons (Fsp3) is 0.833. The molecule has 0 aliphatic heterocycles. The van der Waals surface area contributed by atoms with Crippen molar-refractivity contribution in [2.45, 2.75) is 45.2 Å². The van der Waals surface area contributed by atoms with Crippen molar-refractivity contribution < 1.29 is 9.46 Å². The number of allylic oxidation sites excluding steroid dienone is 1. The molecule has 2 atom stereocenters. The van der Waals surface area contributed by atoms with Crippen molar-refractivity contribution >= 4 is 7.37 Å². The fourth-order valence-electron chi connectivity index (χ4n) is 2.35. The lowest BCUT2D eigenvalue weighted by atomic mass is 10.2. The Morgan fingerprint density at radius 3 is 2.47 bits per heavy atom. The predicted octanol–water partition coefficient (Wildman–Crippen LogP) is 3.41. The van der Waals surface area contributed by atoms with Crippen molar-refractivity contribution in [2.24, 2.45) is 11.3 Å². The third kappa shape index (κ3) is 2.73. The smallest absolute Gasteiger partial charge is 0.208 e. The summed E-state index contributed by atoms with van der Waals surface area (Å²) in [5.74, 6) is 0.768. The Morgan fingerprint density at radius 1 is 1.53 bits per heavy atom. The van der Waals surface area contributed by atoms with E-state index < -0.39 is 7.37 Å². The lowest BCUT2D eigenvalue weighted by molar-refractivity contribution is 0.470. The number of rotatable bonds is 5. The lowest BCUT2D eigenvalue weighted by Crippen LogP contribution is -2.03. The molecule has 2 aliphatic carbocycles. The van der Waals surface area contributed by atoms with Gasteiger partial charge >= 0.3 is 0 Å². The van der Waals surface area contributed by atoms with Crippen molar-refractivity contribution in [1.82, 2.24) is 0 Å². The third-order valence-electron chi connectivity index (χ3n) is 3.67. The molecule has 15 heavy (non-hydrogen) atoms. The van der Waals surface area contributed by atoms with E-state index in [0.717, 1.165) is 24.3 Å². The average molecular weight is 228 g/mol. The van der Waals surface area contributed by atoms with E-state index in [-0.39, 0.29) is 11.1 Å². The molecule has 86 valence electrons. The molecule has 0 bridgehead atoms. The van der Waals surface area contributed by atoms with Gasteiger partial charge in [-0.1, -0.05) is 26.0 Å². The highest BCUT2D eigenvalue weighted by molar-refractivity contribution is 7.59. The zero-order chi connectivity index (χ0) is 11.3. The van der Waals surface area contributed by atoms with Gasteiger partial charge < -0.3 is 4.89 Å². The van der Waals surface area contributed by atoms with Gasteiger partial charge in [0.1, 0.15) is 0 Å². The van der Waals surface area contributed by atoms with Crippen molar-refractivity contribution in [2.75, 3.05) is 6.16 Å². The Balaban J connectivity index is 1.87. The Kier molecular flexibility index (Phi) is 2.64. The van der Waals surface area contributed by atoms with Crippen molar-refractivity contribution in [3.63, 3.8) is 0 Å². The molecule has 2 unspecified atom stereocenters. The Bertz CT molecular complexity index is 329. The highest BCUT2D eigenvalue weighted by atomic mass is 31.2. The van der Waals surface area contributed by atoms with Crippen LogP contribution in [0.2, 0.25) is 0 Å². The van der Waals surface area contributed by atoms with Gasteiger partial charge in [0, 0.05) is 11.8 Å². The van der Waals surface area contributed by atoms with Crippen molar-refractivity contribution in [3.05, 3.63) is 12.2 Å². The van der Waals surface area contributed by atoms with Crippen LogP contribution in [0.3, 0.4) is 0 Å². The van der Waals surface area contributed by atoms with E-state index in [1.165, 1.54) is 12.8 Å². The molecule has 2 saturated carbocycles. The van der Waals surface area contributed by atoms with Gasteiger partial charge in [0.05, 0.1) is 0 Å². The van der Waals surface area contributed by atoms with Crippen LogP contribution in [0, 0.1) is 11.3 Å². The molecule has 0 aromatic rings. The van der Waals surface area contributed by atoms with Gasteiger partial charge in [0.25, 0.3) is 0 Å². The summed E-state index contributed by atoms with van der Waals surface area (Å²) in [6.45, 7) is 8.09. The van der Waals surface area contributed by atoms with Crippen LogP contribution < -0.4 is 0 Å². The molecule has 2 fully saturated rings. The van der Waals surface area contributed by atoms with E-state index in [2.05, 4.69) is 20.4 Å². The highest BCUT2D eigenvalue weighted by Crippen LogP contribution is 2.68.